The molecule has 0 aliphatic carbocycles. The van der Waals surface area contributed by atoms with Crippen molar-refractivity contribution in [3.8, 4) is 0 Å². The average Bonchev–Trinajstić information content (AvgIpc) is 2.71. The first-order valence-electron chi connectivity index (χ1n) is 5.54. The van der Waals surface area contributed by atoms with E-state index in [1.165, 1.54) is 6.07 Å². The van der Waals surface area contributed by atoms with Crippen LogP contribution in [0.25, 0.3) is 0 Å². The van der Waals surface area contributed by atoms with E-state index in [0.717, 1.165) is 24.0 Å². The van der Waals surface area contributed by atoms with Crippen LogP contribution in [0.1, 0.15) is 12.0 Å². The van der Waals surface area contributed by atoms with Crippen molar-refractivity contribution in [3.63, 3.8) is 0 Å². The highest BCUT2D eigenvalue weighted by Gasteiger charge is 2.30. The van der Waals surface area contributed by atoms with Crippen molar-refractivity contribution < 1.29 is 13.9 Å². The van der Waals surface area contributed by atoms with Crippen LogP contribution in [0.5, 0.6) is 0 Å². The summed E-state index contributed by atoms with van der Waals surface area (Å²) in [5.41, 5.74) is 0.0293. The summed E-state index contributed by atoms with van der Waals surface area (Å²) in [5.74, 6) is 0.0419. The topological polar surface area (TPSA) is 32.3 Å². The maximum absolute atomic E-state index is 12.9. The molecule has 2 rings (SSSR count). The number of halogens is 2. The van der Waals surface area contributed by atoms with E-state index in [2.05, 4.69) is 5.32 Å². The van der Waals surface area contributed by atoms with Crippen LogP contribution in [-0.4, -0.2) is 28.8 Å². The van der Waals surface area contributed by atoms with Crippen LogP contribution in [0.15, 0.2) is 18.2 Å². The lowest BCUT2D eigenvalue weighted by Gasteiger charge is -2.21. The third kappa shape index (κ3) is 3.40. The highest BCUT2D eigenvalue weighted by atomic mass is 32.2. The zero-order valence-electron chi connectivity index (χ0n) is 9.38. The summed E-state index contributed by atoms with van der Waals surface area (Å²) < 4.78 is 25.6. The molecule has 1 atom stereocenters. The minimum absolute atomic E-state index is 0.435. The average molecular weight is 259 g/mol. The lowest BCUT2D eigenvalue weighted by Crippen LogP contribution is -2.40. The summed E-state index contributed by atoms with van der Waals surface area (Å²) in [6, 6.07) is 3.83. The Kier molecular flexibility index (Phi) is 4.01. The van der Waals surface area contributed by atoms with Crippen molar-refractivity contribution in [1.29, 1.82) is 0 Å². The second kappa shape index (κ2) is 5.33. The van der Waals surface area contributed by atoms with Gasteiger partial charge in [0, 0.05) is 18.8 Å². The Hall–Kier alpha value is -0.650. The lowest BCUT2D eigenvalue weighted by atomic mass is 10.0. The highest BCUT2D eigenvalue weighted by Crippen LogP contribution is 2.27. The third-order valence-corrected chi connectivity index (χ3v) is 4.08. The van der Waals surface area contributed by atoms with Gasteiger partial charge in [-0.15, -0.1) is 0 Å². The van der Waals surface area contributed by atoms with E-state index in [4.69, 9.17) is 0 Å². The predicted molar refractivity (Wildman–Crippen MR) is 65.0 cm³/mol. The Bertz CT molecular complexity index is 394. The summed E-state index contributed by atoms with van der Waals surface area (Å²) in [6.07, 6.45) is 0.780. The van der Waals surface area contributed by atoms with E-state index in [1.54, 1.807) is 17.8 Å². The quantitative estimate of drug-likeness (QED) is 0.866. The fourth-order valence-corrected chi connectivity index (χ4v) is 3.12. The Morgan fingerprint density at radius 2 is 2.18 bits per heavy atom. The molecule has 0 aromatic heterocycles. The zero-order valence-corrected chi connectivity index (χ0v) is 10.2. The molecule has 1 aliphatic rings. The number of rotatable bonds is 4. The van der Waals surface area contributed by atoms with E-state index >= 15 is 0 Å². The Labute approximate surface area is 103 Å². The minimum Gasteiger partial charge on any atom is -0.388 e. The second-order valence-corrected chi connectivity index (χ2v) is 5.48. The van der Waals surface area contributed by atoms with Gasteiger partial charge >= 0.3 is 0 Å². The molecule has 1 unspecified atom stereocenters. The maximum Gasteiger partial charge on any atom is 0.159 e. The summed E-state index contributed by atoms with van der Waals surface area (Å²) in [6.45, 7) is 0.920. The first kappa shape index (κ1) is 12.8. The Balaban J connectivity index is 1.83. The molecule has 0 radical (unpaired) electrons. The van der Waals surface area contributed by atoms with Gasteiger partial charge in [-0.1, -0.05) is 6.07 Å². The normalized spacial score (nSPS) is 24.2. The summed E-state index contributed by atoms with van der Waals surface area (Å²) >= 11 is 1.73. The van der Waals surface area contributed by atoms with E-state index in [0.29, 0.717) is 18.7 Å². The largest absolute Gasteiger partial charge is 0.388 e. The molecule has 1 aromatic rings. The fraction of sp³-hybridized carbons (Fsp3) is 0.500. The van der Waals surface area contributed by atoms with Crippen molar-refractivity contribution in [3.05, 3.63) is 35.4 Å². The molecule has 0 bridgehead atoms. The van der Waals surface area contributed by atoms with Crippen LogP contribution in [0.3, 0.4) is 0 Å². The Morgan fingerprint density at radius 3 is 2.82 bits per heavy atom. The standard InChI is InChI=1S/C12H15F2NOS/c13-10-2-1-9(5-11(10)14)6-15-7-12(16)3-4-17-8-12/h1-2,5,15-16H,3-4,6-8H2. The predicted octanol–water partition coefficient (Wildman–Crippen LogP) is 1.92. The maximum atomic E-state index is 12.9. The van der Waals surface area contributed by atoms with Gasteiger partial charge in [0.15, 0.2) is 11.6 Å². The number of benzene rings is 1. The number of thioether (sulfide) groups is 1. The minimum atomic E-state index is -0.834. The van der Waals surface area contributed by atoms with Crippen molar-refractivity contribution in [2.24, 2.45) is 0 Å². The van der Waals surface area contributed by atoms with Gasteiger partial charge in [0.25, 0.3) is 0 Å². The molecule has 17 heavy (non-hydrogen) atoms. The van der Waals surface area contributed by atoms with Gasteiger partial charge in [0.2, 0.25) is 0 Å². The summed E-state index contributed by atoms with van der Waals surface area (Å²) in [5, 5.41) is 13.1. The molecule has 1 heterocycles. The third-order valence-electron chi connectivity index (χ3n) is 2.85. The molecular weight excluding hydrogens is 244 g/mol. The van der Waals surface area contributed by atoms with Crippen molar-refractivity contribution in [2.45, 2.75) is 18.6 Å². The number of hydrogen-bond acceptors (Lipinski definition) is 3. The number of aliphatic hydroxyl groups is 1. The number of nitrogens with one attached hydrogen (secondary N) is 1. The van der Waals surface area contributed by atoms with E-state index in [9.17, 15) is 13.9 Å². The molecular formula is C12H15F2NOS. The summed E-state index contributed by atoms with van der Waals surface area (Å²) in [4.78, 5) is 0. The molecule has 0 saturated carbocycles. The first-order chi connectivity index (χ1) is 8.09. The lowest BCUT2D eigenvalue weighted by molar-refractivity contribution is 0.0674. The molecule has 0 spiro atoms. The highest BCUT2D eigenvalue weighted by molar-refractivity contribution is 7.99. The van der Waals surface area contributed by atoms with Gasteiger partial charge in [-0.25, -0.2) is 8.78 Å². The Morgan fingerprint density at radius 1 is 1.35 bits per heavy atom. The van der Waals surface area contributed by atoms with Crippen LogP contribution in [-0.2, 0) is 6.54 Å². The van der Waals surface area contributed by atoms with Crippen LogP contribution in [0.4, 0.5) is 8.78 Å². The van der Waals surface area contributed by atoms with Gasteiger partial charge < -0.3 is 10.4 Å². The van der Waals surface area contributed by atoms with Gasteiger partial charge in [0.1, 0.15) is 0 Å². The molecule has 1 aromatic carbocycles. The van der Waals surface area contributed by atoms with Crippen LogP contribution >= 0.6 is 11.8 Å². The van der Waals surface area contributed by atoms with Crippen molar-refractivity contribution in [2.75, 3.05) is 18.1 Å². The van der Waals surface area contributed by atoms with Crippen LogP contribution < -0.4 is 5.32 Å². The van der Waals surface area contributed by atoms with Gasteiger partial charge in [0.05, 0.1) is 5.60 Å². The van der Waals surface area contributed by atoms with E-state index in [-0.39, 0.29) is 0 Å². The SMILES string of the molecule is OC1(CNCc2ccc(F)c(F)c2)CCSC1. The molecule has 94 valence electrons. The van der Waals surface area contributed by atoms with Gasteiger partial charge in [-0.05, 0) is 29.9 Å². The zero-order chi connectivity index (χ0) is 12.3. The van der Waals surface area contributed by atoms with Crippen LogP contribution in [0, 0.1) is 11.6 Å². The molecule has 2 nitrogen and oxygen atoms in total. The fourth-order valence-electron chi connectivity index (χ4n) is 1.82. The molecule has 1 aliphatic heterocycles. The smallest absolute Gasteiger partial charge is 0.159 e. The van der Waals surface area contributed by atoms with E-state index in [1.807, 2.05) is 0 Å². The van der Waals surface area contributed by atoms with Crippen molar-refractivity contribution in [1.82, 2.24) is 5.32 Å². The molecule has 1 saturated heterocycles. The van der Waals surface area contributed by atoms with Crippen LogP contribution in [0.2, 0.25) is 0 Å². The van der Waals surface area contributed by atoms with Gasteiger partial charge in [-0.2, -0.15) is 11.8 Å². The van der Waals surface area contributed by atoms with Crippen molar-refractivity contribution >= 4 is 11.8 Å². The first-order valence-corrected chi connectivity index (χ1v) is 6.69. The van der Waals surface area contributed by atoms with Gasteiger partial charge in [-0.3, -0.25) is 0 Å². The summed E-state index contributed by atoms with van der Waals surface area (Å²) in [7, 11) is 0. The number of hydrogen-bond donors (Lipinski definition) is 2. The second-order valence-electron chi connectivity index (χ2n) is 4.38. The molecule has 5 heteroatoms. The van der Waals surface area contributed by atoms with E-state index < -0.39 is 17.2 Å². The molecule has 1 fully saturated rings. The monoisotopic (exact) mass is 259 g/mol. The molecule has 0 amide bonds. The molecule has 2 N–H and O–H groups in total.